The van der Waals surface area contributed by atoms with E-state index in [4.69, 9.17) is 0 Å². The smallest absolute Gasteiger partial charge is 0.125 e. The average Bonchev–Trinajstić information content (AvgIpc) is 3.38. The molecule has 0 saturated heterocycles. The first-order chi connectivity index (χ1) is 24.5. The zero-order valence-corrected chi connectivity index (χ0v) is 28.0. The first-order valence-electron chi connectivity index (χ1n) is 17.1. The fourth-order valence-corrected chi connectivity index (χ4v) is 7.90. The summed E-state index contributed by atoms with van der Waals surface area (Å²) in [6.07, 6.45) is 0. The molecule has 0 unspecified atom stereocenters. The fourth-order valence-electron chi connectivity index (χ4n) is 7.90. The molecule has 0 aliphatic heterocycles. The normalized spacial score (nSPS) is 12.9. The molecular formula is C47H35FN2. The van der Waals surface area contributed by atoms with E-state index < -0.39 is 0 Å². The monoisotopic (exact) mass is 646 g/mol. The van der Waals surface area contributed by atoms with Gasteiger partial charge in [0.05, 0.1) is 11.4 Å². The molecule has 0 aromatic heterocycles. The van der Waals surface area contributed by atoms with Crippen molar-refractivity contribution < 1.29 is 4.39 Å². The lowest BCUT2D eigenvalue weighted by molar-refractivity contribution is 0.628. The molecule has 240 valence electrons. The van der Waals surface area contributed by atoms with E-state index in [2.05, 4.69) is 175 Å². The molecule has 1 aliphatic rings. The van der Waals surface area contributed by atoms with E-state index in [1.54, 1.807) is 12.1 Å². The van der Waals surface area contributed by atoms with Gasteiger partial charge in [0, 0.05) is 38.9 Å². The van der Waals surface area contributed by atoms with Crippen LogP contribution < -0.4 is 9.80 Å². The summed E-state index contributed by atoms with van der Waals surface area (Å²) in [5, 5.41) is 4.68. The molecule has 8 aromatic carbocycles. The minimum Gasteiger partial charge on any atom is -0.310 e. The number of para-hydroxylation sites is 2. The van der Waals surface area contributed by atoms with Gasteiger partial charge in [-0.25, -0.2) is 4.39 Å². The average molecular weight is 647 g/mol. The van der Waals surface area contributed by atoms with Crippen molar-refractivity contribution in [3.05, 3.63) is 193 Å². The highest BCUT2D eigenvalue weighted by molar-refractivity contribution is 6.10. The van der Waals surface area contributed by atoms with Crippen LogP contribution in [0.15, 0.2) is 176 Å². The zero-order valence-electron chi connectivity index (χ0n) is 28.0. The Hall–Kier alpha value is -6.19. The minimum atomic E-state index is -0.315. The van der Waals surface area contributed by atoms with Crippen LogP contribution in [-0.4, -0.2) is 0 Å². The minimum absolute atomic E-state index is 0.262. The Morgan fingerprint density at radius 3 is 1.70 bits per heavy atom. The van der Waals surface area contributed by atoms with Gasteiger partial charge in [0.25, 0.3) is 0 Å². The second-order valence-corrected chi connectivity index (χ2v) is 13.5. The van der Waals surface area contributed by atoms with Crippen LogP contribution in [0.25, 0.3) is 32.7 Å². The van der Waals surface area contributed by atoms with Crippen molar-refractivity contribution >= 4 is 55.7 Å². The number of halogens is 1. The maximum Gasteiger partial charge on any atom is 0.125 e. The van der Waals surface area contributed by atoms with Gasteiger partial charge in [-0.2, -0.15) is 0 Å². The van der Waals surface area contributed by atoms with E-state index in [9.17, 15) is 4.39 Å². The van der Waals surface area contributed by atoms with Crippen LogP contribution in [0.1, 0.15) is 25.0 Å². The van der Waals surface area contributed by atoms with Crippen LogP contribution in [0.4, 0.5) is 38.5 Å². The summed E-state index contributed by atoms with van der Waals surface area (Å²) < 4.78 is 14.9. The standard InChI is InChI=1S/C47H35FN2/c1-47(2)42-30-37(50(36-22-14-17-33(48)29-36)44-26-13-16-32-15-9-10-23-38(32)44)27-28-41(42)46-40-25-12-11-24-39(40)45(31-43(46)47)49(34-18-5-3-6-19-34)35-20-7-4-8-21-35/h3-31H,1-2H3. The summed E-state index contributed by atoms with van der Waals surface area (Å²) in [4.78, 5) is 4.57. The third-order valence-corrected chi connectivity index (χ3v) is 10.2. The Labute approximate surface area is 292 Å². The van der Waals surface area contributed by atoms with Crippen LogP contribution in [0, 0.1) is 5.82 Å². The van der Waals surface area contributed by atoms with Crippen molar-refractivity contribution in [3.8, 4) is 11.1 Å². The number of benzene rings is 8. The highest BCUT2D eigenvalue weighted by atomic mass is 19.1. The van der Waals surface area contributed by atoms with E-state index in [-0.39, 0.29) is 11.2 Å². The summed E-state index contributed by atoms with van der Waals surface area (Å²) in [6, 6.07) is 60.8. The number of fused-ring (bicyclic) bond motifs is 6. The van der Waals surface area contributed by atoms with Crippen LogP contribution in [0.5, 0.6) is 0 Å². The molecule has 0 fully saturated rings. The number of nitrogens with zero attached hydrogens (tertiary/aromatic N) is 2. The third kappa shape index (κ3) is 4.77. The Balaban J connectivity index is 1.27. The Bertz CT molecular complexity index is 2490. The van der Waals surface area contributed by atoms with Crippen molar-refractivity contribution in [2.45, 2.75) is 19.3 Å². The van der Waals surface area contributed by atoms with Gasteiger partial charge in [-0.15, -0.1) is 0 Å². The maximum atomic E-state index is 14.9. The van der Waals surface area contributed by atoms with Crippen LogP contribution in [0.3, 0.4) is 0 Å². The predicted molar refractivity (Wildman–Crippen MR) is 208 cm³/mol. The van der Waals surface area contributed by atoms with Crippen LogP contribution in [0.2, 0.25) is 0 Å². The van der Waals surface area contributed by atoms with E-state index in [0.717, 1.165) is 44.9 Å². The topological polar surface area (TPSA) is 6.48 Å². The second-order valence-electron chi connectivity index (χ2n) is 13.5. The van der Waals surface area contributed by atoms with Gasteiger partial charge >= 0.3 is 0 Å². The molecule has 50 heavy (non-hydrogen) atoms. The Morgan fingerprint density at radius 1 is 0.420 bits per heavy atom. The van der Waals surface area contributed by atoms with E-state index >= 15 is 0 Å². The van der Waals surface area contributed by atoms with E-state index in [1.807, 2.05) is 6.07 Å². The Morgan fingerprint density at radius 2 is 0.980 bits per heavy atom. The summed E-state index contributed by atoms with van der Waals surface area (Å²) in [5.41, 5.74) is 10.9. The van der Waals surface area contributed by atoms with Gasteiger partial charge < -0.3 is 9.80 Å². The molecule has 0 saturated carbocycles. The summed E-state index contributed by atoms with van der Waals surface area (Å²) in [6.45, 7) is 4.67. The van der Waals surface area contributed by atoms with Crippen LogP contribution >= 0.6 is 0 Å². The first kappa shape index (κ1) is 29.9. The highest BCUT2D eigenvalue weighted by Gasteiger charge is 2.38. The quantitative estimate of drug-likeness (QED) is 0.177. The Kier molecular flexibility index (Phi) is 7.03. The highest BCUT2D eigenvalue weighted by Crippen LogP contribution is 2.55. The molecule has 2 nitrogen and oxygen atoms in total. The number of hydrogen-bond acceptors (Lipinski definition) is 2. The van der Waals surface area contributed by atoms with Gasteiger partial charge in [-0.1, -0.05) is 123 Å². The molecule has 9 rings (SSSR count). The van der Waals surface area contributed by atoms with Crippen molar-refractivity contribution in [3.63, 3.8) is 0 Å². The van der Waals surface area contributed by atoms with E-state index in [0.29, 0.717) is 0 Å². The van der Waals surface area contributed by atoms with Crippen molar-refractivity contribution in [2.24, 2.45) is 0 Å². The molecular weight excluding hydrogens is 612 g/mol. The lowest BCUT2D eigenvalue weighted by Crippen LogP contribution is -2.18. The molecule has 1 aliphatic carbocycles. The SMILES string of the molecule is CC1(C)c2cc(N(c3cccc(F)c3)c3cccc4ccccc34)ccc2-c2c1cc(N(c1ccccc1)c1ccccc1)c1ccccc21. The summed E-state index contributed by atoms with van der Waals surface area (Å²) in [5.74, 6) is -0.262. The third-order valence-electron chi connectivity index (χ3n) is 10.2. The lowest BCUT2D eigenvalue weighted by atomic mass is 9.81. The molecule has 0 N–H and O–H groups in total. The largest absolute Gasteiger partial charge is 0.310 e. The first-order valence-corrected chi connectivity index (χ1v) is 17.1. The van der Waals surface area contributed by atoms with Gasteiger partial charge in [0.15, 0.2) is 0 Å². The molecule has 0 amide bonds. The van der Waals surface area contributed by atoms with Crippen molar-refractivity contribution in [1.82, 2.24) is 0 Å². The number of hydrogen-bond donors (Lipinski definition) is 0. The maximum absolute atomic E-state index is 14.9. The molecule has 8 aromatic rings. The van der Waals surface area contributed by atoms with Gasteiger partial charge in [-0.05, 0) is 99.8 Å². The summed E-state index contributed by atoms with van der Waals surface area (Å²) in [7, 11) is 0. The van der Waals surface area contributed by atoms with E-state index in [1.165, 1.54) is 39.1 Å². The molecule has 0 bridgehead atoms. The summed E-state index contributed by atoms with van der Waals surface area (Å²) >= 11 is 0. The van der Waals surface area contributed by atoms with Crippen molar-refractivity contribution in [1.29, 1.82) is 0 Å². The number of rotatable bonds is 6. The second kappa shape index (κ2) is 11.7. The van der Waals surface area contributed by atoms with Gasteiger partial charge in [-0.3, -0.25) is 0 Å². The van der Waals surface area contributed by atoms with Gasteiger partial charge in [0.1, 0.15) is 5.82 Å². The van der Waals surface area contributed by atoms with Gasteiger partial charge in [0.2, 0.25) is 0 Å². The number of anilines is 6. The fraction of sp³-hybridized carbons (Fsp3) is 0.0638. The molecule has 3 heteroatoms. The molecule has 0 radical (unpaired) electrons. The molecule has 0 heterocycles. The van der Waals surface area contributed by atoms with Crippen molar-refractivity contribution in [2.75, 3.05) is 9.80 Å². The lowest BCUT2D eigenvalue weighted by Gasteiger charge is -2.30. The molecule has 0 spiro atoms. The van der Waals surface area contributed by atoms with Crippen LogP contribution in [-0.2, 0) is 5.41 Å². The predicted octanol–water partition coefficient (Wildman–Crippen LogP) is 13.4. The zero-order chi connectivity index (χ0) is 33.8. The molecule has 0 atom stereocenters.